The molecule has 1 aromatic carbocycles. The van der Waals surface area contributed by atoms with Crippen LogP contribution in [-0.4, -0.2) is 5.97 Å². The fourth-order valence-corrected chi connectivity index (χ4v) is 1.51. The van der Waals surface area contributed by atoms with Crippen LogP contribution in [-0.2, 0) is 9.53 Å². The molecule has 0 radical (unpaired) electrons. The summed E-state index contributed by atoms with van der Waals surface area (Å²) in [6.45, 7) is 2.00. The summed E-state index contributed by atoms with van der Waals surface area (Å²) in [5, 5.41) is 0. The van der Waals surface area contributed by atoms with E-state index in [9.17, 15) is 4.79 Å². The molecule has 2 rings (SSSR count). The zero-order chi connectivity index (χ0) is 9.97. The van der Waals surface area contributed by atoms with Crippen LogP contribution in [0.25, 0.3) is 6.08 Å². The van der Waals surface area contributed by atoms with Gasteiger partial charge in [0.1, 0.15) is 5.76 Å². The molecule has 1 atom stereocenters. The minimum Gasteiger partial charge on any atom is -0.431 e. The van der Waals surface area contributed by atoms with E-state index >= 15 is 0 Å². The van der Waals surface area contributed by atoms with Crippen molar-refractivity contribution < 1.29 is 9.53 Å². The summed E-state index contributed by atoms with van der Waals surface area (Å²) >= 11 is 0. The smallest absolute Gasteiger partial charge is 0.311 e. The first-order chi connectivity index (χ1) is 6.75. The second-order valence-corrected chi connectivity index (χ2v) is 3.54. The normalized spacial score (nSPS) is 23.9. The van der Waals surface area contributed by atoms with Crippen molar-refractivity contribution >= 4 is 12.0 Å². The second kappa shape index (κ2) is 3.66. The number of esters is 1. The number of rotatable bonds is 1. The molecule has 0 amide bonds. The number of allylic oxidation sites excluding steroid dienone is 1. The molecule has 1 unspecified atom stereocenters. The third-order valence-electron chi connectivity index (χ3n) is 2.30. The average Bonchev–Trinajstić information content (AvgIpc) is 2.47. The third-order valence-corrected chi connectivity index (χ3v) is 2.30. The summed E-state index contributed by atoms with van der Waals surface area (Å²) < 4.78 is 5.10. The Morgan fingerprint density at radius 3 is 2.64 bits per heavy atom. The van der Waals surface area contributed by atoms with Gasteiger partial charge in [-0.2, -0.15) is 0 Å². The first-order valence-corrected chi connectivity index (χ1v) is 4.73. The third kappa shape index (κ3) is 1.84. The Balaban J connectivity index is 2.23. The van der Waals surface area contributed by atoms with Crippen LogP contribution in [0.15, 0.2) is 36.1 Å². The van der Waals surface area contributed by atoms with E-state index in [2.05, 4.69) is 0 Å². The SMILES string of the molecule is CC1CC(=O)O/C1=C/c1ccccc1. The summed E-state index contributed by atoms with van der Waals surface area (Å²) in [4.78, 5) is 11.0. The highest BCUT2D eigenvalue weighted by molar-refractivity contribution is 5.76. The Labute approximate surface area is 83.2 Å². The van der Waals surface area contributed by atoms with Crippen LogP contribution < -0.4 is 0 Å². The largest absolute Gasteiger partial charge is 0.431 e. The highest BCUT2D eigenvalue weighted by atomic mass is 16.5. The lowest BCUT2D eigenvalue weighted by molar-refractivity contribution is -0.135. The molecule has 0 saturated carbocycles. The first kappa shape index (κ1) is 9.00. The molecule has 0 aromatic heterocycles. The molecule has 1 aliphatic heterocycles. The van der Waals surface area contributed by atoms with Crippen molar-refractivity contribution in [3.05, 3.63) is 41.7 Å². The summed E-state index contributed by atoms with van der Waals surface area (Å²) in [5.41, 5.74) is 1.07. The fourth-order valence-electron chi connectivity index (χ4n) is 1.51. The molecule has 0 N–H and O–H groups in total. The van der Waals surface area contributed by atoms with Crippen molar-refractivity contribution in [2.24, 2.45) is 5.92 Å². The molecule has 0 aliphatic carbocycles. The van der Waals surface area contributed by atoms with Gasteiger partial charge < -0.3 is 4.74 Å². The quantitative estimate of drug-likeness (QED) is 0.633. The van der Waals surface area contributed by atoms with E-state index in [-0.39, 0.29) is 11.9 Å². The highest BCUT2D eigenvalue weighted by Gasteiger charge is 2.25. The number of ether oxygens (including phenoxy) is 1. The predicted molar refractivity (Wildman–Crippen MR) is 54.3 cm³/mol. The van der Waals surface area contributed by atoms with Gasteiger partial charge in [-0.25, -0.2) is 0 Å². The Bertz CT molecular complexity index is 365. The minimum atomic E-state index is -0.125. The Morgan fingerprint density at radius 2 is 2.07 bits per heavy atom. The molecule has 1 fully saturated rings. The molecule has 0 spiro atoms. The summed E-state index contributed by atoms with van der Waals surface area (Å²) in [6, 6.07) is 9.88. The first-order valence-electron chi connectivity index (χ1n) is 4.73. The molecule has 1 saturated heterocycles. The van der Waals surface area contributed by atoms with Crippen LogP contribution in [0.2, 0.25) is 0 Å². The fraction of sp³-hybridized carbons (Fsp3) is 0.250. The van der Waals surface area contributed by atoms with E-state index in [0.29, 0.717) is 6.42 Å². The summed E-state index contributed by atoms with van der Waals surface area (Å²) in [7, 11) is 0. The number of cyclic esters (lactones) is 1. The molecule has 1 aliphatic rings. The van der Waals surface area contributed by atoms with Gasteiger partial charge in [-0.1, -0.05) is 37.3 Å². The second-order valence-electron chi connectivity index (χ2n) is 3.54. The Kier molecular flexibility index (Phi) is 2.35. The van der Waals surface area contributed by atoms with Gasteiger partial charge in [0.2, 0.25) is 0 Å². The van der Waals surface area contributed by atoms with Crippen LogP contribution in [0.5, 0.6) is 0 Å². The minimum absolute atomic E-state index is 0.125. The maximum Gasteiger partial charge on any atom is 0.311 e. The van der Waals surface area contributed by atoms with Gasteiger partial charge in [0, 0.05) is 5.92 Å². The number of carbonyl (C=O) groups is 1. The van der Waals surface area contributed by atoms with Crippen LogP contribution in [0.3, 0.4) is 0 Å². The zero-order valence-corrected chi connectivity index (χ0v) is 8.07. The maximum atomic E-state index is 11.0. The molecule has 2 nitrogen and oxygen atoms in total. The monoisotopic (exact) mass is 188 g/mol. The lowest BCUT2D eigenvalue weighted by atomic mass is 10.1. The Hall–Kier alpha value is -1.57. The molecule has 1 heterocycles. The standard InChI is InChI=1S/C12H12O2/c1-9-7-12(13)14-11(9)8-10-5-3-2-4-6-10/h2-6,8-9H,7H2,1H3/b11-8+. The molecule has 1 aromatic rings. The van der Waals surface area contributed by atoms with Crippen molar-refractivity contribution in [2.75, 3.05) is 0 Å². The van der Waals surface area contributed by atoms with E-state index < -0.39 is 0 Å². The molecule has 0 bridgehead atoms. The highest BCUT2D eigenvalue weighted by Crippen LogP contribution is 2.26. The van der Waals surface area contributed by atoms with Gasteiger partial charge in [0.25, 0.3) is 0 Å². The van der Waals surface area contributed by atoms with Gasteiger partial charge >= 0.3 is 5.97 Å². The molecule has 14 heavy (non-hydrogen) atoms. The van der Waals surface area contributed by atoms with Crippen molar-refractivity contribution in [1.29, 1.82) is 0 Å². The molecular weight excluding hydrogens is 176 g/mol. The van der Waals surface area contributed by atoms with Crippen molar-refractivity contribution in [1.82, 2.24) is 0 Å². The zero-order valence-electron chi connectivity index (χ0n) is 8.07. The van der Waals surface area contributed by atoms with Gasteiger partial charge in [-0.3, -0.25) is 4.79 Å². The lowest BCUT2D eigenvalue weighted by Crippen LogP contribution is -1.89. The van der Waals surface area contributed by atoms with Crippen molar-refractivity contribution in [3.63, 3.8) is 0 Å². The average molecular weight is 188 g/mol. The molecule has 72 valence electrons. The summed E-state index contributed by atoms with van der Waals surface area (Å²) in [6.07, 6.45) is 2.42. The van der Waals surface area contributed by atoms with E-state index in [1.54, 1.807) is 0 Å². The van der Waals surface area contributed by atoms with E-state index in [1.165, 1.54) is 0 Å². The van der Waals surface area contributed by atoms with Gasteiger partial charge in [0.15, 0.2) is 0 Å². The van der Waals surface area contributed by atoms with Gasteiger partial charge in [0.05, 0.1) is 6.42 Å². The number of hydrogen-bond donors (Lipinski definition) is 0. The van der Waals surface area contributed by atoms with Gasteiger partial charge in [-0.15, -0.1) is 0 Å². The van der Waals surface area contributed by atoms with Crippen molar-refractivity contribution in [2.45, 2.75) is 13.3 Å². The van der Waals surface area contributed by atoms with Crippen LogP contribution in [0, 0.1) is 5.92 Å². The predicted octanol–water partition coefficient (Wildman–Crippen LogP) is 2.61. The molecule has 2 heteroatoms. The van der Waals surface area contributed by atoms with Crippen LogP contribution in [0.4, 0.5) is 0 Å². The maximum absolute atomic E-state index is 11.0. The lowest BCUT2D eigenvalue weighted by Gasteiger charge is -2.01. The van der Waals surface area contributed by atoms with E-state index in [1.807, 2.05) is 43.3 Å². The van der Waals surface area contributed by atoms with E-state index in [4.69, 9.17) is 4.74 Å². The number of carbonyl (C=O) groups excluding carboxylic acids is 1. The van der Waals surface area contributed by atoms with Crippen LogP contribution in [0.1, 0.15) is 18.9 Å². The Morgan fingerprint density at radius 1 is 1.36 bits per heavy atom. The van der Waals surface area contributed by atoms with E-state index in [0.717, 1.165) is 11.3 Å². The summed E-state index contributed by atoms with van der Waals surface area (Å²) in [5.74, 6) is 0.864. The van der Waals surface area contributed by atoms with Gasteiger partial charge in [-0.05, 0) is 11.6 Å². The van der Waals surface area contributed by atoms with Crippen molar-refractivity contribution in [3.8, 4) is 0 Å². The molecular formula is C12H12O2. The number of hydrogen-bond acceptors (Lipinski definition) is 2. The van der Waals surface area contributed by atoms with Crippen LogP contribution >= 0.6 is 0 Å². The topological polar surface area (TPSA) is 26.3 Å². The number of benzene rings is 1.